The minimum absolute atomic E-state index is 0.0725. The molecule has 0 saturated heterocycles. The molecular weight excluding hydrogens is 304 g/mol. The number of carbonyl (C=O) groups excluding carboxylic acids is 1. The lowest BCUT2D eigenvalue weighted by molar-refractivity contribution is 0.157. The van der Waals surface area contributed by atoms with E-state index < -0.39 is 0 Å². The van der Waals surface area contributed by atoms with E-state index >= 15 is 0 Å². The number of urea groups is 1. The van der Waals surface area contributed by atoms with Crippen molar-refractivity contribution in [2.75, 3.05) is 13.2 Å². The highest BCUT2D eigenvalue weighted by atomic mass is 16.3. The molecule has 0 fully saturated rings. The summed E-state index contributed by atoms with van der Waals surface area (Å²) in [4.78, 5) is 14.6. The quantitative estimate of drug-likeness (QED) is 0.761. The summed E-state index contributed by atoms with van der Waals surface area (Å²) < 4.78 is 0. The average Bonchev–Trinajstić information content (AvgIpc) is 3.14. The zero-order valence-electron chi connectivity index (χ0n) is 13.7. The number of aliphatic hydroxyl groups is 1. The Morgan fingerprint density at radius 1 is 1.38 bits per heavy atom. The van der Waals surface area contributed by atoms with Crippen molar-refractivity contribution in [1.29, 1.82) is 0 Å². The van der Waals surface area contributed by atoms with Gasteiger partial charge in [0.25, 0.3) is 0 Å². The van der Waals surface area contributed by atoms with Crippen LogP contribution in [0.25, 0.3) is 0 Å². The van der Waals surface area contributed by atoms with Crippen LogP contribution < -0.4 is 5.32 Å². The van der Waals surface area contributed by atoms with E-state index in [-0.39, 0.29) is 18.7 Å². The molecule has 2 amide bonds. The van der Waals surface area contributed by atoms with Gasteiger partial charge in [0.05, 0.1) is 18.3 Å². The van der Waals surface area contributed by atoms with Gasteiger partial charge in [-0.25, -0.2) is 4.79 Å². The maximum Gasteiger partial charge on any atom is 0.318 e. The standard InChI is InChI=1S/C18H24N4O2/c23-12-4-11-22(18(24)19-13-15-9-10-20-21-15)17-8-3-6-14-5-1-2-7-16(14)17/h1-2,5,7,9-10,17,23H,3-4,6,8,11-13H2,(H,19,24)(H,20,21). The van der Waals surface area contributed by atoms with Crippen LogP contribution in [0.1, 0.15) is 42.1 Å². The van der Waals surface area contributed by atoms with Gasteiger partial charge in [-0.3, -0.25) is 5.10 Å². The number of aromatic amines is 1. The molecule has 0 spiro atoms. The lowest BCUT2D eigenvalue weighted by atomic mass is 9.87. The molecule has 1 unspecified atom stereocenters. The number of aromatic nitrogens is 2. The van der Waals surface area contributed by atoms with Gasteiger partial charge in [-0.2, -0.15) is 5.10 Å². The molecule has 3 N–H and O–H groups in total. The maximum absolute atomic E-state index is 12.8. The van der Waals surface area contributed by atoms with Gasteiger partial charge >= 0.3 is 6.03 Å². The second-order valence-electron chi connectivity index (χ2n) is 6.12. The maximum atomic E-state index is 12.8. The van der Waals surface area contributed by atoms with E-state index in [0.29, 0.717) is 19.5 Å². The van der Waals surface area contributed by atoms with Crippen molar-refractivity contribution in [3.8, 4) is 0 Å². The molecule has 0 aliphatic heterocycles. The average molecular weight is 328 g/mol. The molecule has 1 heterocycles. The molecule has 0 bridgehead atoms. The monoisotopic (exact) mass is 328 g/mol. The van der Waals surface area contributed by atoms with Crippen LogP contribution in [0.3, 0.4) is 0 Å². The molecule has 128 valence electrons. The predicted molar refractivity (Wildman–Crippen MR) is 91.4 cm³/mol. The number of rotatable bonds is 6. The summed E-state index contributed by atoms with van der Waals surface area (Å²) in [7, 11) is 0. The Hall–Kier alpha value is -2.34. The third kappa shape index (κ3) is 3.76. The van der Waals surface area contributed by atoms with Gasteiger partial charge in [0.15, 0.2) is 0 Å². The molecule has 1 aromatic carbocycles. The molecule has 1 aliphatic carbocycles. The highest BCUT2D eigenvalue weighted by Crippen LogP contribution is 2.34. The van der Waals surface area contributed by atoms with Gasteiger partial charge in [-0.1, -0.05) is 24.3 Å². The summed E-state index contributed by atoms with van der Waals surface area (Å²) in [6.07, 6.45) is 5.35. The summed E-state index contributed by atoms with van der Waals surface area (Å²) in [5, 5.41) is 18.9. The van der Waals surface area contributed by atoms with E-state index in [1.54, 1.807) is 6.20 Å². The Bertz CT molecular complexity index is 657. The number of aryl methyl sites for hydroxylation is 1. The van der Waals surface area contributed by atoms with Gasteiger partial charge in [0.2, 0.25) is 0 Å². The van der Waals surface area contributed by atoms with Crippen molar-refractivity contribution in [2.24, 2.45) is 0 Å². The van der Waals surface area contributed by atoms with E-state index in [2.05, 4.69) is 33.7 Å². The number of nitrogens with zero attached hydrogens (tertiary/aromatic N) is 2. The minimum atomic E-state index is -0.0975. The van der Waals surface area contributed by atoms with E-state index in [9.17, 15) is 9.90 Å². The van der Waals surface area contributed by atoms with Gasteiger partial charge < -0.3 is 15.3 Å². The fourth-order valence-electron chi connectivity index (χ4n) is 3.35. The number of carbonyl (C=O) groups is 1. The van der Waals surface area contributed by atoms with Crippen molar-refractivity contribution in [3.05, 3.63) is 53.3 Å². The van der Waals surface area contributed by atoms with E-state index in [4.69, 9.17) is 0 Å². The SMILES string of the molecule is O=C(NCc1ccn[nH]1)N(CCCO)C1CCCc2ccccc21. The van der Waals surface area contributed by atoms with Crippen LogP contribution in [0.5, 0.6) is 0 Å². The Morgan fingerprint density at radius 3 is 3.04 bits per heavy atom. The first-order valence-electron chi connectivity index (χ1n) is 8.51. The van der Waals surface area contributed by atoms with Crippen LogP contribution in [0.2, 0.25) is 0 Å². The third-order valence-corrected chi connectivity index (χ3v) is 4.52. The Balaban J connectivity index is 1.75. The fourth-order valence-corrected chi connectivity index (χ4v) is 3.35. The first-order valence-corrected chi connectivity index (χ1v) is 8.51. The minimum Gasteiger partial charge on any atom is -0.396 e. The molecule has 0 radical (unpaired) electrons. The molecule has 3 rings (SSSR count). The van der Waals surface area contributed by atoms with Gasteiger partial charge in [0.1, 0.15) is 0 Å². The van der Waals surface area contributed by atoms with Crippen molar-refractivity contribution < 1.29 is 9.90 Å². The van der Waals surface area contributed by atoms with Crippen molar-refractivity contribution >= 4 is 6.03 Å². The molecular formula is C18H24N4O2. The smallest absolute Gasteiger partial charge is 0.318 e. The van der Waals surface area contributed by atoms with E-state index in [1.807, 2.05) is 17.0 Å². The number of hydrogen-bond donors (Lipinski definition) is 3. The first-order chi connectivity index (χ1) is 11.8. The van der Waals surface area contributed by atoms with Gasteiger partial charge in [-0.15, -0.1) is 0 Å². The lowest BCUT2D eigenvalue weighted by Gasteiger charge is -2.36. The number of nitrogens with one attached hydrogen (secondary N) is 2. The number of H-pyrrole nitrogens is 1. The Morgan fingerprint density at radius 2 is 2.25 bits per heavy atom. The van der Waals surface area contributed by atoms with Crippen LogP contribution in [-0.2, 0) is 13.0 Å². The van der Waals surface area contributed by atoms with Crippen molar-refractivity contribution in [1.82, 2.24) is 20.4 Å². The molecule has 0 saturated carbocycles. The zero-order chi connectivity index (χ0) is 16.8. The number of fused-ring (bicyclic) bond motifs is 1. The largest absolute Gasteiger partial charge is 0.396 e. The van der Waals surface area contributed by atoms with E-state index in [1.165, 1.54) is 11.1 Å². The van der Waals surface area contributed by atoms with Crippen LogP contribution in [0.15, 0.2) is 36.5 Å². The predicted octanol–water partition coefficient (Wildman–Crippen LogP) is 2.38. The first kappa shape index (κ1) is 16.5. The molecule has 1 aliphatic rings. The second-order valence-corrected chi connectivity index (χ2v) is 6.12. The third-order valence-electron chi connectivity index (χ3n) is 4.52. The van der Waals surface area contributed by atoms with Gasteiger partial charge in [-0.05, 0) is 42.9 Å². The molecule has 1 aromatic heterocycles. The number of benzene rings is 1. The van der Waals surface area contributed by atoms with Crippen LogP contribution >= 0.6 is 0 Å². The summed E-state index contributed by atoms with van der Waals surface area (Å²) >= 11 is 0. The van der Waals surface area contributed by atoms with Crippen LogP contribution in [-0.4, -0.2) is 39.4 Å². The topological polar surface area (TPSA) is 81.2 Å². The molecule has 1 atom stereocenters. The summed E-state index contributed by atoms with van der Waals surface area (Å²) in [5.41, 5.74) is 3.43. The highest BCUT2D eigenvalue weighted by Gasteiger charge is 2.28. The highest BCUT2D eigenvalue weighted by molar-refractivity contribution is 5.74. The fraction of sp³-hybridized carbons (Fsp3) is 0.444. The van der Waals surface area contributed by atoms with Crippen molar-refractivity contribution in [2.45, 2.75) is 38.3 Å². The Labute approximate surface area is 141 Å². The molecule has 6 nitrogen and oxygen atoms in total. The van der Waals surface area contributed by atoms with Crippen LogP contribution in [0, 0.1) is 0 Å². The summed E-state index contributed by atoms with van der Waals surface area (Å²) in [6, 6.07) is 10.2. The number of hydrogen-bond acceptors (Lipinski definition) is 3. The molecule has 6 heteroatoms. The molecule has 2 aromatic rings. The van der Waals surface area contributed by atoms with Gasteiger partial charge in [0, 0.05) is 19.3 Å². The zero-order valence-corrected chi connectivity index (χ0v) is 13.7. The second kappa shape index (κ2) is 7.97. The number of amides is 2. The van der Waals surface area contributed by atoms with E-state index in [0.717, 1.165) is 25.0 Å². The molecule has 24 heavy (non-hydrogen) atoms. The lowest BCUT2D eigenvalue weighted by Crippen LogP contribution is -2.43. The van der Waals surface area contributed by atoms with Crippen LogP contribution in [0.4, 0.5) is 4.79 Å². The number of aliphatic hydroxyl groups excluding tert-OH is 1. The summed E-state index contributed by atoms with van der Waals surface area (Å²) in [5.74, 6) is 0. The summed E-state index contributed by atoms with van der Waals surface area (Å²) in [6.45, 7) is 1.05. The van der Waals surface area contributed by atoms with Crippen molar-refractivity contribution in [3.63, 3.8) is 0 Å². The Kier molecular flexibility index (Phi) is 5.48. The normalized spacial score (nSPS) is 16.5.